The van der Waals surface area contributed by atoms with Gasteiger partial charge in [0.2, 0.25) is 0 Å². The van der Waals surface area contributed by atoms with Crippen LogP contribution in [0.4, 0.5) is 0 Å². The fourth-order valence-electron chi connectivity index (χ4n) is 3.07. The first-order chi connectivity index (χ1) is 11.1. The molecule has 0 saturated heterocycles. The number of aromatic amines is 1. The van der Waals surface area contributed by atoms with Crippen LogP contribution < -0.4 is 5.32 Å². The third-order valence-electron chi connectivity index (χ3n) is 4.45. The SMILES string of the molecule is Cc1c(C(=O)NC(CCC(C)(C)C)C(=O)O)[nH]c2c1C(=O)CCC2. The van der Waals surface area contributed by atoms with Crippen molar-refractivity contribution in [1.82, 2.24) is 10.3 Å². The Morgan fingerprint density at radius 1 is 1.29 bits per heavy atom. The quantitative estimate of drug-likeness (QED) is 0.771. The number of aromatic nitrogens is 1. The van der Waals surface area contributed by atoms with Crippen LogP contribution in [0.1, 0.15) is 78.6 Å². The van der Waals surface area contributed by atoms with Crippen LogP contribution >= 0.6 is 0 Å². The molecule has 0 aromatic carbocycles. The summed E-state index contributed by atoms with van der Waals surface area (Å²) in [5, 5.41) is 11.9. The standard InChI is InChI=1S/C18H26N2O4/c1-10-14-11(6-5-7-13(14)21)19-15(10)16(22)20-12(17(23)24)8-9-18(2,3)4/h12,19H,5-9H2,1-4H3,(H,20,22)(H,23,24). The molecule has 0 fully saturated rings. The van der Waals surface area contributed by atoms with Gasteiger partial charge >= 0.3 is 5.97 Å². The smallest absolute Gasteiger partial charge is 0.326 e. The number of carboxylic acids is 1. The van der Waals surface area contributed by atoms with Gasteiger partial charge in [-0.25, -0.2) is 4.79 Å². The Kier molecular flexibility index (Phi) is 5.16. The van der Waals surface area contributed by atoms with Crippen LogP contribution in [0.3, 0.4) is 0 Å². The molecule has 1 aromatic rings. The Bertz CT molecular complexity index is 667. The van der Waals surface area contributed by atoms with Crippen LogP contribution in [0, 0.1) is 12.3 Å². The summed E-state index contributed by atoms with van der Waals surface area (Å²) < 4.78 is 0. The first kappa shape index (κ1) is 18.2. The number of hydrogen-bond donors (Lipinski definition) is 3. The van der Waals surface area contributed by atoms with Gasteiger partial charge in [-0.3, -0.25) is 9.59 Å². The minimum absolute atomic E-state index is 0.00765. The van der Waals surface area contributed by atoms with E-state index in [1.165, 1.54) is 0 Å². The van der Waals surface area contributed by atoms with E-state index < -0.39 is 17.9 Å². The van der Waals surface area contributed by atoms with E-state index in [2.05, 4.69) is 10.3 Å². The van der Waals surface area contributed by atoms with Gasteiger partial charge in [-0.2, -0.15) is 0 Å². The highest BCUT2D eigenvalue weighted by Crippen LogP contribution is 2.27. The molecule has 1 aromatic heterocycles. The molecule has 1 aliphatic carbocycles. The molecule has 0 bridgehead atoms. The number of aliphatic carboxylic acids is 1. The lowest BCUT2D eigenvalue weighted by Crippen LogP contribution is -2.41. The zero-order chi connectivity index (χ0) is 18.1. The molecule has 132 valence electrons. The number of carboxylic acid groups (broad SMARTS) is 1. The molecular weight excluding hydrogens is 308 g/mol. The fraction of sp³-hybridized carbons (Fsp3) is 0.611. The summed E-state index contributed by atoms with van der Waals surface area (Å²) in [5.74, 6) is -1.46. The number of rotatable bonds is 5. The molecule has 6 heteroatoms. The summed E-state index contributed by atoms with van der Waals surface area (Å²) in [6, 6.07) is -0.938. The van der Waals surface area contributed by atoms with Crippen LogP contribution in [-0.2, 0) is 11.2 Å². The Morgan fingerprint density at radius 2 is 1.96 bits per heavy atom. The van der Waals surface area contributed by atoms with Crippen molar-refractivity contribution < 1.29 is 19.5 Å². The lowest BCUT2D eigenvalue weighted by atomic mass is 9.88. The Labute approximate surface area is 142 Å². The summed E-state index contributed by atoms with van der Waals surface area (Å²) in [4.78, 5) is 39.0. The molecule has 1 aliphatic rings. The summed E-state index contributed by atoms with van der Waals surface area (Å²) in [6.07, 6.45) is 3.06. The Balaban J connectivity index is 2.16. The lowest BCUT2D eigenvalue weighted by Gasteiger charge is -2.21. The molecule has 3 N–H and O–H groups in total. The number of carbonyl (C=O) groups is 3. The highest BCUT2D eigenvalue weighted by Gasteiger charge is 2.29. The molecule has 1 amide bonds. The zero-order valence-corrected chi connectivity index (χ0v) is 14.8. The van der Waals surface area contributed by atoms with Crippen LogP contribution in [0.15, 0.2) is 0 Å². The van der Waals surface area contributed by atoms with Crippen molar-refractivity contribution in [3.63, 3.8) is 0 Å². The van der Waals surface area contributed by atoms with Crippen LogP contribution in [0.25, 0.3) is 0 Å². The number of nitrogens with one attached hydrogen (secondary N) is 2. The average molecular weight is 334 g/mol. The topological polar surface area (TPSA) is 99.3 Å². The van der Waals surface area contributed by atoms with E-state index in [0.29, 0.717) is 36.1 Å². The number of amides is 1. The van der Waals surface area contributed by atoms with Crippen molar-refractivity contribution in [3.8, 4) is 0 Å². The third-order valence-corrected chi connectivity index (χ3v) is 4.45. The predicted molar refractivity (Wildman–Crippen MR) is 90.4 cm³/mol. The first-order valence-corrected chi connectivity index (χ1v) is 8.38. The molecular formula is C18H26N2O4. The van der Waals surface area contributed by atoms with Gasteiger partial charge < -0.3 is 15.4 Å². The van der Waals surface area contributed by atoms with Crippen molar-refractivity contribution in [1.29, 1.82) is 0 Å². The number of carbonyl (C=O) groups excluding carboxylic acids is 2. The maximum absolute atomic E-state index is 12.5. The summed E-state index contributed by atoms with van der Waals surface area (Å²) in [6.45, 7) is 7.83. The number of fused-ring (bicyclic) bond motifs is 1. The van der Waals surface area contributed by atoms with Crippen molar-refractivity contribution >= 4 is 17.7 Å². The molecule has 1 atom stereocenters. The van der Waals surface area contributed by atoms with E-state index >= 15 is 0 Å². The molecule has 2 rings (SSSR count). The third kappa shape index (κ3) is 4.04. The average Bonchev–Trinajstić information content (AvgIpc) is 2.80. The molecule has 0 radical (unpaired) electrons. The number of Topliss-reactive ketones (excluding diaryl/α,β-unsaturated/α-hetero) is 1. The van der Waals surface area contributed by atoms with Crippen molar-refractivity contribution in [2.75, 3.05) is 0 Å². The summed E-state index contributed by atoms with van der Waals surface area (Å²) in [7, 11) is 0. The number of ketones is 1. The van der Waals surface area contributed by atoms with Crippen LogP contribution in [0.5, 0.6) is 0 Å². The fourth-order valence-corrected chi connectivity index (χ4v) is 3.07. The van der Waals surface area contributed by atoms with E-state index in [4.69, 9.17) is 0 Å². The van der Waals surface area contributed by atoms with E-state index in [-0.39, 0.29) is 11.2 Å². The first-order valence-electron chi connectivity index (χ1n) is 8.38. The largest absolute Gasteiger partial charge is 0.480 e. The molecule has 0 saturated carbocycles. The number of hydrogen-bond acceptors (Lipinski definition) is 3. The van der Waals surface area contributed by atoms with Gasteiger partial charge in [0.05, 0.1) is 0 Å². The van der Waals surface area contributed by atoms with Gasteiger partial charge in [0.1, 0.15) is 11.7 Å². The van der Waals surface area contributed by atoms with Gasteiger partial charge in [0, 0.05) is 17.7 Å². The maximum Gasteiger partial charge on any atom is 0.326 e. The second-order valence-electron chi connectivity index (χ2n) is 7.72. The van der Waals surface area contributed by atoms with Crippen LogP contribution in [0.2, 0.25) is 0 Å². The van der Waals surface area contributed by atoms with Gasteiger partial charge in [-0.05, 0) is 43.6 Å². The number of H-pyrrole nitrogens is 1. The van der Waals surface area contributed by atoms with E-state index in [0.717, 1.165) is 18.5 Å². The van der Waals surface area contributed by atoms with Crippen LogP contribution in [-0.4, -0.2) is 33.8 Å². The minimum atomic E-state index is -1.04. The Hall–Kier alpha value is -2.11. The molecule has 1 unspecified atom stereocenters. The number of aryl methyl sites for hydroxylation is 1. The highest BCUT2D eigenvalue weighted by atomic mass is 16.4. The highest BCUT2D eigenvalue weighted by molar-refractivity contribution is 6.04. The summed E-state index contributed by atoms with van der Waals surface area (Å²) in [5.41, 5.74) is 2.31. The predicted octanol–water partition coefficient (Wildman–Crippen LogP) is 2.85. The van der Waals surface area contributed by atoms with Gasteiger partial charge in [0.25, 0.3) is 5.91 Å². The lowest BCUT2D eigenvalue weighted by molar-refractivity contribution is -0.139. The molecule has 6 nitrogen and oxygen atoms in total. The zero-order valence-electron chi connectivity index (χ0n) is 14.8. The maximum atomic E-state index is 12.5. The van der Waals surface area contributed by atoms with Crippen molar-refractivity contribution in [3.05, 3.63) is 22.5 Å². The van der Waals surface area contributed by atoms with E-state index in [1.54, 1.807) is 6.92 Å². The molecule has 0 spiro atoms. The monoisotopic (exact) mass is 334 g/mol. The molecule has 0 aliphatic heterocycles. The van der Waals surface area contributed by atoms with Gasteiger partial charge in [-0.15, -0.1) is 0 Å². The second-order valence-corrected chi connectivity index (χ2v) is 7.72. The van der Waals surface area contributed by atoms with Gasteiger partial charge in [0.15, 0.2) is 5.78 Å². The normalized spacial score (nSPS) is 15.8. The minimum Gasteiger partial charge on any atom is -0.480 e. The van der Waals surface area contributed by atoms with E-state index in [9.17, 15) is 19.5 Å². The Morgan fingerprint density at radius 3 is 2.50 bits per heavy atom. The van der Waals surface area contributed by atoms with Crippen molar-refractivity contribution in [2.45, 2.75) is 65.8 Å². The van der Waals surface area contributed by atoms with Crippen molar-refractivity contribution in [2.24, 2.45) is 5.41 Å². The molecule has 1 heterocycles. The van der Waals surface area contributed by atoms with E-state index in [1.807, 2.05) is 20.8 Å². The molecule has 24 heavy (non-hydrogen) atoms. The van der Waals surface area contributed by atoms with Gasteiger partial charge in [-0.1, -0.05) is 20.8 Å². The second kappa shape index (κ2) is 6.79. The summed E-state index contributed by atoms with van der Waals surface area (Å²) >= 11 is 0.